The van der Waals surface area contributed by atoms with Gasteiger partial charge in [0, 0.05) is 44.2 Å². The molecule has 0 radical (unpaired) electrons. The van der Waals surface area contributed by atoms with Crippen molar-refractivity contribution in [2.75, 3.05) is 58.9 Å². The third-order valence-corrected chi connectivity index (χ3v) is 7.63. The average Bonchev–Trinajstić information content (AvgIpc) is 2.77. The first kappa shape index (κ1) is 25.5. The van der Waals surface area contributed by atoms with E-state index in [4.69, 9.17) is 19.2 Å². The Hall–Kier alpha value is 0.230. The fraction of sp³-hybridized carbons (Fsp3) is 0.952. The average molecular weight is 542 g/mol. The Morgan fingerprint density at radius 2 is 1.93 bits per heavy atom. The maximum absolute atomic E-state index is 6.17. The normalized spacial score (nSPS) is 26.1. The molecule has 3 rings (SSSR count). The Balaban J connectivity index is 0.00000300. The molecule has 6 nitrogen and oxygen atoms in total. The number of likely N-dealkylation sites (tertiary alicyclic amines) is 1. The van der Waals surface area contributed by atoms with Gasteiger partial charge in [-0.1, -0.05) is 0 Å². The molecule has 8 heteroatoms. The predicted molar refractivity (Wildman–Crippen MR) is 132 cm³/mol. The lowest BCUT2D eigenvalue weighted by Gasteiger charge is -2.37. The molecule has 0 saturated carbocycles. The van der Waals surface area contributed by atoms with Crippen molar-refractivity contribution in [2.24, 2.45) is 4.99 Å². The van der Waals surface area contributed by atoms with E-state index in [1.165, 1.54) is 12.8 Å². The van der Waals surface area contributed by atoms with Gasteiger partial charge in [-0.3, -0.25) is 4.99 Å². The van der Waals surface area contributed by atoms with E-state index in [-0.39, 0.29) is 28.7 Å². The van der Waals surface area contributed by atoms with Crippen LogP contribution in [0.3, 0.4) is 0 Å². The SMILES string of the molecule is CCNC(=NCC1(SC)CCOCC1)N1CCC(OCC2CCCCO2)CC1.I. The molecule has 0 aliphatic carbocycles. The van der Waals surface area contributed by atoms with Crippen molar-refractivity contribution < 1.29 is 14.2 Å². The molecule has 3 aliphatic rings. The molecule has 3 saturated heterocycles. The lowest BCUT2D eigenvalue weighted by Crippen LogP contribution is -2.48. The summed E-state index contributed by atoms with van der Waals surface area (Å²) in [6.07, 6.45) is 10.8. The lowest BCUT2D eigenvalue weighted by molar-refractivity contribution is -0.0721. The Labute approximate surface area is 198 Å². The number of hydrogen-bond donors (Lipinski definition) is 1. The Morgan fingerprint density at radius 1 is 1.17 bits per heavy atom. The van der Waals surface area contributed by atoms with E-state index in [9.17, 15) is 0 Å². The van der Waals surface area contributed by atoms with Crippen LogP contribution in [0, 0.1) is 0 Å². The molecular formula is C21H40IN3O3S. The monoisotopic (exact) mass is 541 g/mol. The number of nitrogens with one attached hydrogen (secondary N) is 1. The van der Waals surface area contributed by atoms with Gasteiger partial charge in [-0.2, -0.15) is 11.8 Å². The smallest absolute Gasteiger partial charge is 0.193 e. The quantitative estimate of drug-likeness (QED) is 0.303. The summed E-state index contributed by atoms with van der Waals surface area (Å²) in [6.45, 7) is 9.33. The minimum atomic E-state index is 0. The van der Waals surface area contributed by atoms with Gasteiger partial charge in [0.2, 0.25) is 0 Å². The van der Waals surface area contributed by atoms with Gasteiger partial charge < -0.3 is 24.4 Å². The zero-order valence-electron chi connectivity index (χ0n) is 18.2. The highest BCUT2D eigenvalue weighted by molar-refractivity contribution is 14.0. The highest BCUT2D eigenvalue weighted by Crippen LogP contribution is 2.34. The van der Waals surface area contributed by atoms with Crippen LogP contribution in [-0.2, 0) is 14.2 Å². The highest BCUT2D eigenvalue weighted by Gasteiger charge is 2.32. The maximum Gasteiger partial charge on any atom is 0.193 e. The van der Waals surface area contributed by atoms with E-state index in [1.54, 1.807) is 0 Å². The van der Waals surface area contributed by atoms with Gasteiger partial charge in [-0.15, -0.1) is 24.0 Å². The first-order valence-electron chi connectivity index (χ1n) is 11.1. The van der Waals surface area contributed by atoms with Gasteiger partial charge >= 0.3 is 0 Å². The second-order valence-electron chi connectivity index (χ2n) is 8.18. The number of rotatable bonds is 7. The van der Waals surface area contributed by atoms with Crippen LogP contribution in [-0.4, -0.2) is 86.7 Å². The van der Waals surface area contributed by atoms with Gasteiger partial charge in [0.1, 0.15) is 0 Å². The van der Waals surface area contributed by atoms with Crippen LogP contribution in [0.4, 0.5) is 0 Å². The summed E-state index contributed by atoms with van der Waals surface area (Å²) in [7, 11) is 0. The summed E-state index contributed by atoms with van der Waals surface area (Å²) in [5.41, 5.74) is 0. The van der Waals surface area contributed by atoms with Crippen molar-refractivity contribution in [1.82, 2.24) is 10.2 Å². The summed E-state index contributed by atoms with van der Waals surface area (Å²) in [4.78, 5) is 7.45. The second-order valence-corrected chi connectivity index (χ2v) is 9.45. The molecule has 1 atom stereocenters. The first-order chi connectivity index (χ1) is 13.7. The Morgan fingerprint density at radius 3 is 2.55 bits per heavy atom. The summed E-state index contributed by atoms with van der Waals surface area (Å²) in [5.74, 6) is 1.07. The molecule has 3 aliphatic heterocycles. The van der Waals surface area contributed by atoms with Gasteiger partial charge in [0.05, 0.1) is 25.4 Å². The third kappa shape index (κ3) is 8.01. The molecule has 0 aromatic rings. The summed E-state index contributed by atoms with van der Waals surface area (Å²) in [6, 6.07) is 0. The van der Waals surface area contributed by atoms with Crippen molar-refractivity contribution in [3.63, 3.8) is 0 Å². The van der Waals surface area contributed by atoms with Crippen LogP contribution in [0.5, 0.6) is 0 Å². The molecule has 0 bridgehead atoms. The maximum atomic E-state index is 6.17. The number of thioether (sulfide) groups is 1. The topological polar surface area (TPSA) is 55.3 Å². The molecular weight excluding hydrogens is 501 g/mol. The molecule has 1 N–H and O–H groups in total. The van der Waals surface area contributed by atoms with Crippen LogP contribution >= 0.6 is 35.7 Å². The van der Waals surface area contributed by atoms with E-state index in [1.807, 2.05) is 11.8 Å². The van der Waals surface area contributed by atoms with E-state index in [0.717, 1.165) is 90.7 Å². The molecule has 1 unspecified atom stereocenters. The predicted octanol–water partition coefficient (Wildman–Crippen LogP) is 3.53. The molecule has 3 heterocycles. The molecule has 3 fully saturated rings. The fourth-order valence-corrected chi connectivity index (χ4v) is 5.00. The van der Waals surface area contributed by atoms with E-state index >= 15 is 0 Å². The zero-order valence-corrected chi connectivity index (χ0v) is 21.3. The number of nitrogens with zero attached hydrogens (tertiary/aromatic N) is 2. The van der Waals surface area contributed by atoms with Crippen molar-refractivity contribution in [3.8, 4) is 0 Å². The van der Waals surface area contributed by atoms with Crippen molar-refractivity contribution in [1.29, 1.82) is 0 Å². The number of piperidine rings is 1. The largest absolute Gasteiger partial charge is 0.381 e. The molecule has 170 valence electrons. The number of hydrogen-bond acceptors (Lipinski definition) is 5. The van der Waals surface area contributed by atoms with Crippen LogP contribution in [0.1, 0.15) is 51.9 Å². The van der Waals surface area contributed by atoms with Gasteiger partial charge in [-0.05, 0) is 58.1 Å². The lowest BCUT2D eigenvalue weighted by atomic mass is 9.99. The minimum Gasteiger partial charge on any atom is -0.381 e. The molecule has 0 spiro atoms. The minimum absolute atomic E-state index is 0. The Bertz CT molecular complexity index is 478. The summed E-state index contributed by atoms with van der Waals surface area (Å²) >= 11 is 1.96. The first-order valence-corrected chi connectivity index (χ1v) is 12.4. The van der Waals surface area contributed by atoms with Crippen molar-refractivity contribution in [3.05, 3.63) is 0 Å². The number of ether oxygens (including phenoxy) is 3. The van der Waals surface area contributed by atoms with Gasteiger partial charge in [-0.25, -0.2) is 0 Å². The highest BCUT2D eigenvalue weighted by atomic mass is 127. The zero-order chi connectivity index (χ0) is 19.7. The molecule has 0 aromatic heterocycles. The van der Waals surface area contributed by atoms with Crippen molar-refractivity contribution in [2.45, 2.75) is 68.8 Å². The van der Waals surface area contributed by atoms with Crippen LogP contribution in [0.2, 0.25) is 0 Å². The molecule has 0 aromatic carbocycles. The molecule has 0 amide bonds. The van der Waals surface area contributed by atoms with E-state index in [0.29, 0.717) is 12.2 Å². The third-order valence-electron chi connectivity index (χ3n) is 6.22. The second kappa shape index (κ2) is 13.6. The van der Waals surface area contributed by atoms with Gasteiger partial charge in [0.25, 0.3) is 0 Å². The fourth-order valence-electron chi connectivity index (χ4n) is 4.23. The summed E-state index contributed by atoms with van der Waals surface area (Å²) in [5, 5.41) is 3.51. The van der Waals surface area contributed by atoms with Gasteiger partial charge in [0.15, 0.2) is 5.96 Å². The Kier molecular flexibility index (Phi) is 12.0. The molecule has 29 heavy (non-hydrogen) atoms. The number of guanidine groups is 1. The van der Waals surface area contributed by atoms with Crippen molar-refractivity contribution >= 4 is 41.7 Å². The summed E-state index contributed by atoms with van der Waals surface area (Å²) < 4.78 is 17.8. The van der Waals surface area contributed by atoms with E-state index in [2.05, 4.69) is 23.4 Å². The van der Waals surface area contributed by atoms with Crippen LogP contribution in [0.25, 0.3) is 0 Å². The standard InChI is InChI=1S/C21H39N3O3S.HI/c1-3-22-20(23-17-21(28-2)9-14-25-15-10-21)24-11-7-18(8-12-24)27-16-19-6-4-5-13-26-19;/h18-19H,3-17H2,1-2H3,(H,22,23);1H. The number of halogens is 1. The van der Waals surface area contributed by atoms with Crippen LogP contribution in [0.15, 0.2) is 4.99 Å². The van der Waals surface area contributed by atoms with E-state index < -0.39 is 0 Å². The number of aliphatic imine (C=N–C) groups is 1. The van der Waals surface area contributed by atoms with Crippen LogP contribution < -0.4 is 5.32 Å².